The molecule has 7 nitrogen and oxygen atoms in total. The molecule has 0 radical (unpaired) electrons. The Labute approximate surface area is 214 Å². The third-order valence-corrected chi connectivity index (χ3v) is 7.05. The van der Waals surface area contributed by atoms with Crippen molar-refractivity contribution < 1.29 is 19.0 Å². The molecule has 0 saturated carbocycles. The standard InChI is InChI=1S/C29H39N3O4/c1-18(2)28-23-16-22(36-17-27(33)30-21-11-13-32(14-12-21)19(3)4)8-9-24(23)31-29(28)20-7-10-25(34-5)26(15-20)35-6/h7-10,15-16,18-19,21,31H,11-14,17H2,1-6H3,(H,30,33). The summed E-state index contributed by atoms with van der Waals surface area (Å²) in [7, 11) is 3.28. The molecule has 0 unspecified atom stereocenters. The number of hydrogen-bond acceptors (Lipinski definition) is 5. The molecule has 1 aliphatic rings. The van der Waals surface area contributed by atoms with Gasteiger partial charge in [0.1, 0.15) is 5.75 Å². The molecule has 0 aliphatic carbocycles. The molecule has 36 heavy (non-hydrogen) atoms. The van der Waals surface area contributed by atoms with Crippen LogP contribution in [0, 0.1) is 0 Å². The molecular weight excluding hydrogens is 454 g/mol. The summed E-state index contributed by atoms with van der Waals surface area (Å²) < 4.78 is 16.8. The van der Waals surface area contributed by atoms with E-state index in [4.69, 9.17) is 14.2 Å². The van der Waals surface area contributed by atoms with Gasteiger partial charge in [0.2, 0.25) is 0 Å². The number of nitrogens with one attached hydrogen (secondary N) is 2. The zero-order chi connectivity index (χ0) is 25.8. The van der Waals surface area contributed by atoms with Gasteiger partial charge in [0, 0.05) is 41.6 Å². The summed E-state index contributed by atoms with van der Waals surface area (Å²) in [6.07, 6.45) is 1.96. The maximum atomic E-state index is 12.6. The van der Waals surface area contributed by atoms with E-state index in [1.165, 1.54) is 5.56 Å². The molecule has 1 amide bonds. The maximum absolute atomic E-state index is 12.6. The van der Waals surface area contributed by atoms with E-state index in [2.05, 4.69) is 42.9 Å². The summed E-state index contributed by atoms with van der Waals surface area (Å²) in [5, 5.41) is 4.23. The van der Waals surface area contributed by atoms with Crippen LogP contribution in [0.3, 0.4) is 0 Å². The molecule has 2 aromatic carbocycles. The molecule has 194 valence electrons. The van der Waals surface area contributed by atoms with Crippen LogP contribution in [0.2, 0.25) is 0 Å². The number of ether oxygens (including phenoxy) is 3. The lowest BCUT2D eigenvalue weighted by Gasteiger charge is -2.34. The predicted molar refractivity (Wildman–Crippen MR) is 144 cm³/mol. The topological polar surface area (TPSA) is 75.8 Å². The average Bonchev–Trinajstić information content (AvgIpc) is 3.26. The van der Waals surface area contributed by atoms with Gasteiger partial charge in [-0.15, -0.1) is 0 Å². The van der Waals surface area contributed by atoms with Crippen molar-refractivity contribution in [2.75, 3.05) is 33.9 Å². The van der Waals surface area contributed by atoms with Gasteiger partial charge in [0.15, 0.2) is 18.1 Å². The number of amides is 1. The highest BCUT2D eigenvalue weighted by Crippen LogP contribution is 2.39. The first-order chi connectivity index (χ1) is 17.3. The smallest absolute Gasteiger partial charge is 0.258 e. The van der Waals surface area contributed by atoms with Crippen molar-refractivity contribution in [1.82, 2.24) is 15.2 Å². The number of fused-ring (bicyclic) bond motifs is 1. The van der Waals surface area contributed by atoms with Crippen LogP contribution in [-0.2, 0) is 4.79 Å². The number of likely N-dealkylation sites (tertiary alicyclic amines) is 1. The van der Waals surface area contributed by atoms with Crippen LogP contribution in [0.1, 0.15) is 52.0 Å². The molecule has 2 heterocycles. The van der Waals surface area contributed by atoms with Gasteiger partial charge in [-0.2, -0.15) is 0 Å². The SMILES string of the molecule is COc1ccc(-c2[nH]c3ccc(OCC(=O)NC4CCN(C(C)C)CC4)cc3c2C(C)C)cc1OC. The fourth-order valence-electron chi connectivity index (χ4n) is 5.08. The number of carbonyl (C=O) groups excluding carboxylic acids is 1. The number of H-pyrrole nitrogens is 1. The van der Waals surface area contributed by atoms with Crippen molar-refractivity contribution in [3.8, 4) is 28.5 Å². The summed E-state index contributed by atoms with van der Waals surface area (Å²) in [5.41, 5.74) is 4.29. The first-order valence-corrected chi connectivity index (χ1v) is 12.8. The highest BCUT2D eigenvalue weighted by Gasteiger charge is 2.22. The van der Waals surface area contributed by atoms with Gasteiger partial charge < -0.3 is 29.4 Å². The second kappa shape index (κ2) is 11.2. The van der Waals surface area contributed by atoms with Gasteiger partial charge in [0.25, 0.3) is 5.91 Å². The zero-order valence-corrected chi connectivity index (χ0v) is 22.3. The number of piperidine rings is 1. The summed E-state index contributed by atoms with van der Waals surface area (Å²) in [5.74, 6) is 2.28. The monoisotopic (exact) mass is 493 g/mol. The van der Waals surface area contributed by atoms with E-state index in [0.29, 0.717) is 23.3 Å². The summed E-state index contributed by atoms with van der Waals surface area (Å²) >= 11 is 0. The van der Waals surface area contributed by atoms with E-state index >= 15 is 0 Å². The summed E-state index contributed by atoms with van der Waals surface area (Å²) in [4.78, 5) is 18.6. The van der Waals surface area contributed by atoms with Crippen LogP contribution >= 0.6 is 0 Å². The Bertz CT molecular complexity index is 1190. The fraction of sp³-hybridized carbons (Fsp3) is 0.483. The molecule has 1 fully saturated rings. The fourth-order valence-corrected chi connectivity index (χ4v) is 5.08. The highest BCUT2D eigenvalue weighted by atomic mass is 16.5. The molecule has 2 N–H and O–H groups in total. The van der Waals surface area contributed by atoms with Crippen molar-refractivity contribution in [3.05, 3.63) is 42.0 Å². The molecule has 3 aromatic rings. The van der Waals surface area contributed by atoms with Gasteiger partial charge in [-0.1, -0.05) is 13.8 Å². The molecule has 1 aliphatic heterocycles. The maximum Gasteiger partial charge on any atom is 0.258 e. The largest absolute Gasteiger partial charge is 0.493 e. The van der Waals surface area contributed by atoms with Crippen LogP contribution in [0.5, 0.6) is 17.2 Å². The van der Waals surface area contributed by atoms with Crippen molar-refractivity contribution in [2.24, 2.45) is 0 Å². The zero-order valence-electron chi connectivity index (χ0n) is 22.3. The first kappa shape index (κ1) is 25.9. The van der Waals surface area contributed by atoms with E-state index in [-0.39, 0.29) is 24.5 Å². The Kier molecular flexibility index (Phi) is 8.09. The molecule has 1 saturated heterocycles. The van der Waals surface area contributed by atoms with Crippen molar-refractivity contribution >= 4 is 16.8 Å². The number of aromatic amines is 1. The number of carbonyl (C=O) groups is 1. The van der Waals surface area contributed by atoms with Crippen molar-refractivity contribution in [3.63, 3.8) is 0 Å². The van der Waals surface area contributed by atoms with Crippen LogP contribution in [0.4, 0.5) is 0 Å². The average molecular weight is 494 g/mol. The minimum absolute atomic E-state index is 0.0138. The molecule has 4 rings (SSSR count). The first-order valence-electron chi connectivity index (χ1n) is 12.8. The highest BCUT2D eigenvalue weighted by molar-refractivity contribution is 5.92. The van der Waals surface area contributed by atoms with Crippen LogP contribution in [-0.4, -0.2) is 61.8 Å². The van der Waals surface area contributed by atoms with Crippen molar-refractivity contribution in [2.45, 2.75) is 58.5 Å². The number of rotatable bonds is 9. The number of aromatic nitrogens is 1. The Morgan fingerprint density at radius 3 is 2.39 bits per heavy atom. The molecular formula is C29H39N3O4. The quantitative estimate of drug-likeness (QED) is 0.421. The van der Waals surface area contributed by atoms with E-state index in [1.807, 2.05) is 36.4 Å². The molecule has 0 spiro atoms. The second-order valence-electron chi connectivity index (χ2n) is 10.1. The van der Waals surface area contributed by atoms with Gasteiger partial charge in [-0.3, -0.25) is 4.79 Å². The van der Waals surface area contributed by atoms with Crippen LogP contribution in [0.15, 0.2) is 36.4 Å². The lowest BCUT2D eigenvalue weighted by Crippen LogP contribution is -2.47. The van der Waals surface area contributed by atoms with Gasteiger partial charge in [-0.25, -0.2) is 0 Å². The predicted octanol–water partition coefficient (Wildman–Crippen LogP) is 5.34. The van der Waals surface area contributed by atoms with Crippen LogP contribution in [0.25, 0.3) is 22.2 Å². The van der Waals surface area contributed by atoms with E-state index < -0.39 is 0 Å². The number of benzene rings is 2. The summed E-state index contributed by atoms with van der Waals surface area (Å²) in [6.45, 7) is 10.9. The number of hydrogen-bond donors (Lipinski definition) is 2. The molecule has 0 bridgehead atoms. The van der Waals surface area contributed by atoms with Gasteiger partial charge in [0.05, 0.1) is 19.9 Å². The van der Waals surface area contributed by atoms with E-state index in [9.17, 15) is 4.79 Å². The van der Waals surface area contributed by atoms with E-state index in [1.54, 1.807) is 14.2 Å². The third-order valence-electron chi connectivity index (χ3n) is 7.05. The lowest BCUT2D eigenvalue weighted by molar-refractivity contribution is -0.124. The number of nitrogens with zero attached hydrogens (tertiary/aromatic N) is 1. The minimum atomic E-state index is -0.0673. The van der Waals surface area contributed by atoms with Gasteiger partial charge >= 0.3 is 0 Å². The van der Waals surface area contributed by atoms with Gasteiger partial charge in [-0.05, 0) is 74.6 Å². The normalized spacial score (nSPS) is 15.0. The molecule has 0 atom stereocenters. The Morgan fingerprint density at radius 1 is 1.03 bits per heavy atom. The summed E-state index contributed by atoms with van der Waals surface area (Å²) in [6, 6.07) is 12.7. The second-order valence-corrected chi connectivity index (χ2v) is 10.1. The Morgan fingerprint density at radius 2 is 1.75 bits per heavy atom. The number of methoxy groups -OCH3 is 2. The van der Waals surface area contributed by atoms with E-state index in [0.717, 1.165) is 48.1 Å². The Hall–Kier alpha value is -3.19. The minimum Gasteiger partial charge on any atom is -0.493 e. The lowest BCUT2D eigenvalue weighted by atomic mass is 9.96. The molecule has 1 aromatic heterocycles. The van der Waals surface area contributed by atoms with Crippen molar-refractivity contribution in [1.29, 1.82) is 0 Å². The molecule has 7 heteroatoms. The van der Waals surface area contributed by atoms with Crippen LogP contribution < -0.4 is 19.5 Å². The Balaban J connectivity index is 1.48. The third kappa shape index (κ3) is 5.62.